The number of hydrogen-bond acceptors (Lipinski definition) is 3. The molecule has 0 radical (unpaired) electrons. The summed E-state index contributed by atoms with van der Waals surface area (Å²) in [5.74, 6) is -0.273. The fourth-order valence-electron chi connectivity index (χ4n) is 0.907. The Balaban J connectivity index is 0.000000791. The Bertz CT molecular complexity index is 279. The fourth-order valence-corrected chi connectivity index (χ4v) is 0.907. The monoisotopic (exact) mass is 200 g/mol. The van der Waals surface area contributed by atoms with E-state index in [1.165, 1.54) is 19.2 Å². The minimum atomic E-state index is -1.71. The van der Waals surface area contributed by atoms with Crippen molar-refractivity contribution in [2.24, 2.45) is 0 Å². The molecule has 0 aliphatic heterocycles. The second-order valence-corrected chi connectivity index (χ2v) is 2.26. The molecule has 1 aromatic carbocycles. The van der Waals surface area contributed by atoms with Gasteiger partial charge in [0.25, 0.3) is 0 Å². The van der Waals surface area contributed by atoms with Crippen LogP contribution in [0.3, 0.4) is 0 Å². The highest BCUT2D eigenvalue weighted by molar-refractivity contribution is 6.59. The molecule has 0 bridgehead atoms. The molecular formula is C9H14BFO3. The smallest absolute Gasteiger partial charge is 0.492 e. The number of rotatable bonds is 2. The van der Waals surface area contributed by atoms with Crippen LogP contribution in [-0.2, 0) is 0 Å². The predicted molar refractivity (Wildman–Crippen MR) is 54.1 cm³/mol. The summed E-state index contributed by atoms with van der Waals surface area (Å²) in [6, 6.07) is 3.54. The van der Waals surface area contributed by atoms with E-state index in [0.29, 0.717) is 0 Å². The second-order valence-electron chi connectivity index (χ2n) is 2.26. The lowest BCUT2D eigenvalue weighted by atomic mass is 9.79. The third-order valence-corrected chi connectivity index (χ3v) is 1.47. The van der Waals surface area contributed by atoms with Gasteiger partial charge in [0.05, 0.1) is 7.11 Å². The van der Waals surface area contributed by atoms with Gasteiger partial charge >= 0.3 is 7.12 Å². The first kappa shape index (κ1) is 12.9. The van der Waals surface area contributed by atoms with Crippen molar-refractivity contribution in [3.8, 4) is 5.75 Å². The average Bonchev–Trinajstić information content (AvgIpc) is 2.20. The molecule has 0 atom stereocenters. The Hall–Kier alpha value is -1.07. The Morgan fingerprint density at radius 1 is 1.29 bits per heavy atom. The third kappa shape index (κ3) is 3.36. The number of hydrogen-bond donors (Lipinski definition) is 2. The molecule has 0 saturated heterocycles. The summed E-state index contributed by atoms with van der Waals surface area (Å²) in [7, 11) is -0.338. The molecule has 0 aliphatic rings. The van der Waals surface area contributed by atoms with Gasteiger partial charge in [0.15, 0.2) is 0 Å². The molecule has 0 amide bonds. The van der Waals surface area contributed by atoms with Crippen molar-refractivity contribution < 1.29 is 19.2 Å². The van der Waals surface area contributed by atoms with Gasteiger partial charge < -0.3 is 14.8 Å². The first-order valence-corrected chi connectivity index (χ1v) is 4.34. The summed E-state index contributed by atoms with van der Waals surface area (Å²) in [6.45, 7) is 4.00. The van der Waals surface area contributed by atoms with E-state index in [0.717, 1.165) is 6.07 Å². The predicted octanol–water partition coefficient (Wildman–Crippen LogP) is 0.540. The summed E-state index contributed by atoms with van der Waals surface area (Å²) in [4.78, 5) is 0. The van der Waals surface area contributed by atoms with Gasteiger partial charge in [0.1, 0.15) is 11.6 Å². The molecule has 0 unspecified atom stereocenters. The standard InChI is InChI=1S/C7H8BFO3.C2H6/c1-12-7-3-2-5(9)4-6(7)8(10)11;1-2/h2-4,10-11H,1H3;1-2H3. The van der Waals surface area contributed by atoms with Crippen LogP contribution in [0.2, 0.25) is 0 Å². The number of halogens is 1. The molecule has 5 heteroatoms. The van der Waals surface area contributed by atoms with Crippen LogP contribution in [0.15, 0.2) is 18.2 Å². The normalized spacial score (nSPS) is 8.71. The maximum atomic E-state index is 12.6. The lowest BCUT2D eigenvalue weighted by Gasteiger charge is -2.06. The summed E-state index contributed by atoms with van der Waals surface area (Å²) in [5, 5.41) is 17.5. The first-order valence-electron chi connectivity index (χ1n) is 4.34. The zero-order valence-electron chi connectivity index (χ0n) is 8.49. The largest absolute Gasteiger partial charge is 0.497 e. The lowest BCUT2D eigenvalue weighted by Crippen LogP contribution is -2.31. The van der Waals surface area contributed by atoms with E-state index >= 15 is 0 Å². The van der Waals surface area contributed by atoms with E-state index in [4.69, 9.17) is 14.8 Å². The Kier molecular flexibility index (Phi) is 5.91. The van der Waals surface area contributed by atoms with Gasteiger partial charge in [-0.2, -0.15) is 0 Å². The van der Waals surface area contributed by atoms with Crippen molar-refractivity contribution in [1.29, 1.82) is 0 Å². The van der Waals surface area contributed by atoms with Crippen molar-refractivity contribution in [1.82, 2.24) is 0 Å². The molecule has 0 fully saturated rings. The Labute approximate surface area is 83.3 Å². The van der Waals surface area contributed by atoms with Crippen LogP contribution in [0.5, 0.6) is 5.75 Å². The summed E-state index contributed by atoms with van der Waals surface area (Å²) in [5.41, 5.74) is 0.0255. The molecule has 2 N–H and O–H groups in total. The van der Waals surface area contributed by atoms with Crippen LogP contribution in [-0.4, -0.2) is 24.3 Å². The molecular weight excluding hydrogens is 186 g/mol. The SMILES string of the molecule is CC.COc1ccc(F)cc1B(O)O. The summed E-state index contributed by atoms with van der Waals surface area (Å²) < 4.78 is 17.3. The maximum absolute atomic E-state index is 12.6. The van der Waals surface area contributed by atoms with Gasteiger partial charge in [0, 0.05) is 5.46 Å². The molecule has 0 aliphatic carbocycles. The Morgan fingerprint density at radius 2 is 1.86 bits per heavy atom. The zero-order chi connectivity index (χ0) is 11.1. The number of ether oxygens (including phenoxy) is 1. The average molecular weight is 200 g/mol. The van der Waals surface area contributed by atoms with Gasteiger partial charge in [0.2, 0.25) is 0 Å². The van der Waals surface area contributed by atoms with Crippen molar-refractivity contribution in [2.45, 2.75) is 13.8 Å². The molecule has 1 rings (SSSR count). The topological polar surface area (TPSA) is 49.7 Å². The van der Waals surface area contributed by atoms with Gasteiger partial charge in [-0.1, -0.05) is 13.8 Å². The van der Waals surface area contributed by atoms with Crippen molar-refractivity contribution in [3.05, 3.63) is 24.0 Å². The third-order valence-electron chi connectivity index (χ3n) is 1.47. The first-order chi connectivity index (χ1) is 6.65. The van der Waals surface area contributed by atoms with Gasteiger partial charge in [-0.15, -0.1) is 0 Å². The highest BCUT2D eigenvalue weighted by Crippen LogP contribution is 2.08. The van der Waals surface area contributed by atoms with Crippen molar-refractivity contribution in [3.63, 3.8) is 0 Å². The molecule has 1 aromatic rings. The highest BCUT2D eigenvalue weighted by atomic mass is 19.1. The minimum absolute atomic E-state index is 0.0255. The molecule has 3 nitrogen and oxygen atoms in total. The van der Waals surface area contributed by atoms with E-state index < -0.39 is 12.9 Å². The second kappa shape index (κ2) is 6.40. The van der Waals surface area contributed by atoms with Crippen molar-refractivity contribution >= 4 is 12.6 Å². The van der Waals surface area contributed by atoms with Crippen LogP contribution in [0.25, 0.3) is 0 Å². The van der Waals surface area contributed by atoms with Gasteiger partial charge in [-0.05, 0) is 18.2 Å². The molecule has 0 spiro atoms. The highest BCUT2D eigenvalue weighted by Gasteiger charge is 2.17. The minimum Gasteiger partial charge on any atom is -0.497 e. The Morgan fingerprint density at radius 3 is 2.29 bits per heavy atom. The van der Waals surface area contributed by atoms with E-state index in [-0.39, 0.29) is 11.2 Å². The molecule has 0 heterocycles. The van der Waals surface area contributed by atoms with Gasteiger partial charge in [-0.3, -0.25) is 0 Å². The zero-order valence-corrected chi connectivity index (χ0v) is 8.49. The molecule has 0 saturated carbocycles. The molecule has 14 heavy (non-hydrogen) atoms. The van der Waals surface area contributed by atoms with E-state index in [1.54, 1.807) is 0 Å². The summed E-state index contributed by atoms with van der Waals surface area (Å²) >= 11 is 0. The van der Waals surface area contributed by atoms with E-state index in [2.05, 4.69) is 0 Å². The van der Waals surface area contributed by atoms with E-state index in [9.17, 15) is 4.39 Å². The quantitative estimate of drug-likeness (QED) is 0.685. The van der Waals surface area contributed by atoms with E-state index in [1.807, 2.05) is 13.8 Å². The van der Waals surface area contributed by atoms with Crippen LogP contribution >= 0.6 is 0 Å². The van der Waals surface area contributed by atoms with Crippen LogP contribution in [0.1, 0.15) is 13.8 Å². The molecule has 78 valence electrons. The number of methoxy groups -OCH3 is 1. The lowest BCUT2D eigenvalue weighted by molar-refractivity contribution is 0.402. The maximum Gasteiger partial charge on any atom is 0.492 e. The van der Waals surface area contributed by atoms with Crippen LogP contribution in [0.4, 0.5) is 4.39 Å². The summed E-state index contributed by atoms with van der Waals surface area (Å²) in [6.07, 6.45) is 0. The van der Waals surface area contributed by atoms with Crippen LogP contribution in [0, 0.1) is 5.82 Å². The number of benzene rings is 1. The van der Waals surface area contributed by atoms with Crippen LogP contribution < -0.4 is 10.2 Å². The van der Waals surface area contributed by atoms with Crippen molar-refractivity contribution in [2.75, 3.05) is 7.11 Å². The fraction of sp³-hybridized carbons (Fsp3) is 0.333. The molecule has 0 aromatic heterocycles. The van der Waals surface area contributed by atoms with Gasteiger partial charge in [-0.25, -0.2) is 4.39 Å².